The number of para-hydroxylation sites is 1. The summed E-state index contributed by atoms with van der Waals surface area (Å²) in [5.74, 6) is -1.10. The molecule has 2 amide bonds. The second-order valence-corrected chi connectivity index (χ2v) is 8.29. The van der Waals surface area contributed by atoms with Gasteiger partial charge < -0.3 is 4.74 Å². The van der Waals surface area contributed by atoms with Crippen molar-refractivity contribution in [2.45, 2.75) is 46.1 Å². The van der Waals surface area contributed by atoms with E-state index in [1.165, 1.54) is 12.1 Å². The van der Waals surface area contributed by atoms with Gasteiger partial charge in [-0.3, -0.25) is 4.79 Å². The van der Waals surface area contributed by atoms with Crippen LogP contribution in [0.4, 0.5) is 14.9 Å². The summed E-state index contributed by atoms with van der Waals surface area (Å²) in [5, 5.41) is 11.0. The molecule has 0 fully saturated rings. The summed E-state index contributed by atoms with van der Waals surface area (Å²) in [6.07, 6.45) is 0.777. The summed E-state index contributed by atoms with van der Waals surface area (Å²) in [6.45, 7) is 7.48. The van der Waals surface area contributed by atoms with Crippen LogP contribution in [0, 0.1) is 5.82 Å². The predicted molar refractivity (Wildman–Crippen MR) is 122 cm³/mol. The number of hydrogen-bond acceptors (Lipinski definition) is 5. The molecular formula is C24H27FN4O3. The molecule has 1 aliphatic rings. The number of anilines is 1. The molecule has 0 bridgehead atoms. The minimum Gasteiger partial charge on any atom is -0.442 e. The highest BCUT2D eigenvalue weighted by molar-refractivity contribution is 6.74. The number of unbranched alkanes of at least 4 members (excludes halogenated alkanes) is 1. The van der Waals surface area contributed by atoms with Gasteiger partial charge in [0, 0.05) is 12.1 Å². The van der Waals surface area contributed by atoms with E-state index >= 15 is 0 Å². The molecule has 0 radical (unpaired) electrons. The monoisotopic (exact) mass is 438 g/mol. The first-order valence-electron chi connectivity index (χ1n) is 10.5. The van der Waals surface area contributed by atoms with Crippen molar-refractivity contribution in [2.24, 2.45) is 10.2 Å². The van der Waals surface area contributed by atoms with Crippen LogP contribution in [0.2, 0.25) is 0 Å². The summed E-state index contributed by atoms with van der Waals surface area (Å²) >= 11 is 0. The Bertz CT molecular complexity index is 1040. The van der Waals surface area contributed by atoms with Gasteiger partial charge in [-0.25, -0.2) is 9.18 Å². The van der Waals surface area contributed by atoms with E-state index < -0.39 is 23.4 Å². The molecule has 1 heterocycles. The first-order chi connectivity index (χ1) is 15.2. The van der Waals surface area contributed by atoms with Crippen LogP contribution in [0.15, 0.2) is 64.8 Å². The normalized spacial score (nSPS) is 15.2. The molecule has 0 aromatic heterocycles. The van der Waals surface area contributed by atoms with Crippen molar-refractivity contribution in [3.8, 4) is 0 Å². The molecule has 0 N–H and O–H groups in total. The Morgan fingerprint density at radius 2 is 1.78 bits per heavy atom. The van der Waals surface area contributed by atoms with Crippen molar-refractivity contribution in [3.63, 3.8) is 0 Å². The fraction of sp³-hybridized carbons (Fsp3) is 0.333. The summed E-state index contributed by atoms with van der Waals surface area (Å²) in [7, 11) is 0. The minimum absolute atomic E-state index is 0.0574. The number of hydrogen-bond donors (Lipinski definition) is 0. The fourth-order valence-corrected chi connectivity index (χ4v) is 2.99. The molecule has 32 heavy (non-hydrogen) atoms. The van der Waals surface area contributed by atoms with E-state index in [0.717, 1.165) is 16.4 Å². The van der Waals surface area contributed by atoms with Crippen LogP contribution in [0.25, 0.3) is 0 Å². The Kier molecular flexibility index (Phi) is 7.02. The van der Waals surface area contributed by atoms with Crippen LogP contribution in [0.3, 0.4) is 0 Å². The van der Waals surface area contributed by atoms with Crippen LogP contribution in [0.5, 0.6) is 0 Å². The topological polar surface area (TPSA) is 74.6 Å². The van der Waals surface area contributed by atoms with Gasteiger partial charge in [0.05, 0.1) is 5.69 Å². The second kappa shape index (κ2) is 9.72. The Morgan fingerprint density at radius 1 is 1.12 bits per heavy atom. The number of ether oxygens (including phenoxy) is 1. The molecular weight excluding hydrogens is 411 g/mol. The highest BCUT2D eigenvalue weighted by Gasteiger charge is 2.36. The fourth-order valence-electron chi connectivity index (χ4n) is 2.99. The Labute approximate surface area is 187 Å². The molecule has 0 aliphatic carbocycles. The van der Waals surface area contributed by atoms with Crippen molar-refractivity contribution >= 4 is 29.1 Å². The zero-order chi connectivity index (χ0) is 23.3. The maximum Gasteiger partial charge on any atom is 0.430 e. The molecule has 7 nitrogen and oxygen atoms in total. The van der Waals surface area contributed by atoms with Crippen LogP contribution < -0.4 is 5.01 Å². The third kappa shape index (κ3) is 5.38. The van der Waals surface area contributed by atoms with Gasteiger partial charge in [0.2, 0.25) is 0 Å². The quantitative estimate of drug-likeness (QED) is 0.598. The van der Waals surface area contributed by atoms with E-state index in [1.54, 1.807) is 57.2 Å². The van der Waals surface area contributed by atoms with Gasteiger partial charge in [-0.2, -0.15) is 20.2 Å². The Balaban J connectivity index is 2.08. The number of carbonyl (C=O) groups is 2. The van der Waals surface area contributed by atoms with E-state index in [-0.39, 0.29) is 23.5 Å². The Morgan fingerprint density at radius 3 is 2.41 bits per heavy atom. The number of carbonyl (C=O) groups excluding carboxylic acids is 2. The molecule has 1 aliphatic heterocycles. The largest absolute Gasteiger partial charge is 0.442 e. The molecule has 168 valence electrons. The van der Waals surface area contributed by atoms with Crippen molar-refractivity contribution < 1.29 is 18.7 Å². The molecule has 3 rings (SSSR count). The lowest BCUT2D eigenvalue weighted by atomic mass is 10.1. The zero-order valence-electron chi connectivity index (χ0n) is 18.7. The molecule has 0 spiro atoms. The van der Waals surface area contributed by atoms with Crippen molar-refractivity contribution in [1.29, 1.82) is 0 Å². The van der Waals surface area contributed by atoms with E-state index in [2.05, 4.69) is 10.2 Å². The van der Waals surface area contributed by atoms with E-state index in [1.807, 2.05) is 13.0 Å². The first kappa shape index (κ1) is 23.1. The summed E-state index contributed by atoms with van der Waals surface area (Å²) in [5.41, 5.74) is -0.172. The van der Waals surface area contributed by atoms with Crippen molar-refractivity contribution in [3.05, 3.63) is 66.0 Å². The molecule has 8 heteroatoms. The number of halogens is 1. The first-order valence-corrected chi connectivity index (χ1v) is 10.5. The molecule has 2 aromatic carbocycles. The van der Waals surface area contributed by atoms with Gasteiger partial charge >= 0.3 is 12.0 Å². The average molecular weight is 439 g/mol. The number of benzene rings is 2. The highest BCUT2D eigenvalue weighted by atomic mass is 19.1. The summed E-state index contributed by atoms with van der Waals surface area (Å²) < 4.78 is 20.1. The lowest BCUT2D eigenvalue weighted by Gasteiger charge is -2.24. The number of rotatable bonds is 6. The van der Waals surface area contributed by atoms with Gasteiger partial charge in [0.25, 0.3) is 0 Å². The van der Waals surface area contributed by atoms with Crippen molar-refractivity contribution in [1.82, 2.24) is 5.01 Å². The number of hydrazone groups is 2. The van der Waals surface area contributed by atoms with Gasteiger partial charge in [-0.1, -0.05) is 43.7 Å². The molecule has 0 saturated carbocycles. The average Bonchev–Trinajstić information content (AvgIpc) is 3.06. The standard InChI is InChI=1S/C24H27FN4O3/c1-5-6-16-28(23(31)32-24(2,3)4)26-21-20(18-14-10-11-15-19(18)25)27-29(22(21)30)17-12-8-7-9-13-17/h7-15H,5-6,16H2,1-4H3/b26-21-. The zero-order valence-corrected chi connectivity index (χ0v) is 18.7. The SMILES string of the molecule is CCCCN(/N=C1\C(=O)N(c2ccccc2)N=C1c1ccccc1F)C(=O)OC(C)(C)C. The van der Waals surface area contributed by atoms with Gasteiger partial charge in [0.1, 0.15) is 17.1 Å². The molecule has 2 aromatic rings. The third-order valence-corrected chi connectivity index (χ3v) is 4.50. The maximum atomic E-state index is 14.6. The second-order valence-electron chi connectivity index (χ2n) is 8.29. The van der Waals surface area contributed by atoms with Crippen LogP contribution in [0.1, 0.15) is 46.1 Å². The molecule has 0 unspecified atom stereocenters. The van der Waals surface area contributed by atoms with Crippen LogP contribution in [-0.2, 0) is 9.53 Å². The van der Waals surface area contributed by atoms with E-state index in [0.29, 0.717) is 12.1 Å². The maximum absolute atomic E-state index is 14.6. The Hall–Kier alpha value is -3.55. The van der Waals surface area contributed by atoms with Gasteiger partial charge in [0.15, 0.2) is 5.71 Å². The lowest BCUT2D eigenvalue weighted by Crippen LogP contribution is -2.37. The summed E-state index contributed by atoms with van der Waals surface area (Å²) in [4.78, 5) is 26.1. The predicted octanol–water partition coefficient (Wildman–Crippen LogP) is 4.97. The van der Waals surface area contributed by atoms with Crippen LogP contribution >= 0.6 is 0 Å². The lowest BCUT2D eigenvalue weighted by molar-refractivity contribution is -0.112. The minimum atomic E-state index is -0.736. The third-order valence-electron chi connectivity index (χ3n) is 4.50. The van der Waals surface area contributed by atoms with Crippen molar-refractivity contribution in [2.75, 3.05) is 11.6 Å². The molecule has 0 atom stereocenters. The van der Waals surface area contributed by atoms with E-state index in [9.17, 15) is 14.0 Å². The number of amides is 2. The highest BCUT2D eigenvalue weighted by Crippen LogP contribution is 2.23. The smallest absolute Gasteiger partial charge is 0.430 e. The van der Waals surface area contributed by atoms with Crippen LogP contribution in [-0.4, -0.2) is 40.6 Å². The van der Waals surface area contributed by atoms with E-state index in [4.69, 9.17) is 4.74 Å². The number of nitrogens with zero attached hydrogens (tertiary/aromatic N) is 4. The molecule has 0 saturated heterocycles. The van der Waals surface area contributed by atoms with Gasteiger partial charge in [-0.15, -0.1) is 0 Å². The van der Waals surface area contributed by atoms with Gasteiger partial charge in [-0.05, 0) is 51.5 Å². The summed E-state index contributed by atoms with van der Waals surface area (Å²) in [6, 6.07) is 14.8.